The third-order valence-electron chi connectivity index (χ3n) is 2.09. The third-order valence-corrected chi connectivity index (χ3v) is 2.09. The van der Waals surface area contributed by atoms with Crippen molar-refractivity contribution in [2.45, 2.75) is 45.6 Å². The lowest BCUT2D eigenvalue weighted by molar-refractivity contribution is 0.0974. The predicted octanol–water partition coefficient (Wildman–Crippen LogP) is 2.90. The van der Waals surface area contributed by atoms with Gasteiger partial charge in [-0.2, -0.15) is 0 Å². The van der Waals surface area contributed by atoms with E-state index in [0.717, 1.165) is 37.0 Å². The molecule has 0 aromatic heterocycles. The number of nitrogens with zero attached hydrogens (tertiary/aromatic N) is 1. The molecule has 0 fully saturated rings. The van der Waals surface area contributed by atoms with E-state index in [4.69, 9.17) is 4.84 Å². The van der Waals surface area contributed by atoms with Crippen LogP contribution in [0.4, 0.5) is 0 Å². The molecule has 0 saturated carbocycles. The summed E-state index contributed by atoms with van der Waals surface area (Å²) in [6.07, 6.45) is 4.43. The van der Waals surface area contributed by atoms with Gasteiger partial charge in [0.25, 0.3) is 0 Å². The van der Waals surface area contributed by atoms with Gasteiger partial charge in [0.15, 0.2) is 6.10 Å². The summed E-state index contributed by atoms with van der Waals surface area (Å²) >= 11 is 0. The summed E-state index contributed by atoms with van der Waals surface area (Å²) in [6.45, 7) is 8.29. The second-order valence-electron chi connectivity index (χ2n) is 3.20. The highest BCUT2D eigenvalue weighted by molar-refractivity contribution is 6.01. The molecule has 1 aliphatic heterocycles. The lowest BCUT2D eigenvalue weighted by Gasteiger charge is -2.07. The molecule has 1 rings (SSSR count). The van der Waals surface area contributed by atoms with Crippen LogP contribution in [-0.2, 0) is 4.84 Å². The van der Waals surface area contributed by atoms with E-state index in [-0.39, 0.29) is 6.10 Å². The Morgan fingerprint density at radius 1 is 1.42 bits per heavy atom. The van der Waals surface area contributed by atoms with E-state index >= 15 is 0 Å². The van der Waals surface area contributed by atoms with Crippen LogP contribution in [0.15, 0.2) is 17.3 Å². The quantitative estimate of drug-likeness (QED) is 0.631. The van der Waals surface area contributed by atoms with Crippen molar-refractivity contribution in [2.24, 2.45) is 5.16 Å². The Labute approximate surface area is 74.3 Å². The predicted molar refractivity (Wildman–Crippen MR) is 51.3 cm³/mol. The smallest absolute Gasteiger partial charge is 0.153 e. The van der Waals surface area contributed by atoms with Gasteiger partial charge in [0, 0.05) is 5.57 Å². The maximum atomic E-state index is 5.26. The first-order chi connectivity index (χ1) is 5.79. The van der Waals surface area contributed by atoms with Crippen molar-refractivity contribution in [3.63, 3.8) is 0 Å². The van der Waals surface area contributed by atoms with Gasteiger partial charge in [-0.15, -0.1) is 0 Å². The monoisotopic (exact) mass is 167 g/mol. The SMILES string of the molecule is C=C1C(CCC)=NOC1CCC. The van der Waals surface area contributed by atoms with Gasteiger partial charge in [-0.1, -0.05) is 38.4 Å². The number of oxime groups is 1. The fraction of sp³-hybridized carbons (Fsp3) is 0.700. The molecule has 2 heteroatoms. The van der Waals surface area contributed by atoms with Crippen molar-refractivity contribution < 1.29 is 4.84 Å². The van der Waals surface area contributed by atoms with Crippen LogP contribution in [0, 0.1) is 0 Å². The fourth-order valence-electron chi connectivity index (χ4n) is 1.37. The zero-order valence-electron chi connectivity index (χ0n) is 7.97. The first kappa shape index (κ1) is 9.30. The fourth-order valence-corrected chi connectivity index (χ4v) is 1.37. The zero-order valence-corrected chi connectivity index (χ0v) is 7.97. The number of hydrogen-bond acceptors (Lipinski definition) is 2. The van der Waals surface area contributed by atoms with E-state index in [1.807, 2.05) is 0 Å². The van der Waals surface area contributed by atoms with Crippen LogP contribution >= 0.6 is 0 Å². The minimum atomic E-state index is 0.163. The Balaban J connectivity index is 2.45. The van der Waals surface area contributed by atoms with Crippen molar-refractivity contribution >= 4 is 5.71 Å². The molecule has 0 radical (unpaired) electrons. The van der Waals surface area contributed by atoms with Crippen molar-refractivity contribution in [1.82, 2.24) is 0 Å². The molecule has 0 bridgehead atoms. The molecule has 0 amide bonds. The second kappa shape index (κ2) is 4.29. The van der Waals surface area contributed by atoms with Crippen LogP contribution in [0.25, 0.3) is 0 Å². The van der Waals surface area contributed by atoms with Gasteiger partial charge in [0.1, 0.15) is 0 Å². The normalized spacial score (nSPS) is 22.3. The maximum absolute atomic E-state index is 5.26. The standard InChI is InChI=1S/C10H17NO/c1-4-6-9-8(3)10(7-5-2)12-11-9/h10H,3-7H2,1-2H3. The highest BCUT2D eigenvalue weighted by atomic mass is 16.6. The molecular weight excluding hydrogens is 150 g/mol. The van der Waals surface area contributed by atoms with Crippen molar-refractivity contribution in [2.75, 3.05) is 0 Å². The first-order valence-corrected chi connectivity index (χ1v) is 4.71. The minimum Gasteiger partial charge on any atom is -0.387 e. The summed E-state index contributed by atoms with van der Waals surface area (Å²) in [5.41, 5.74) is 2.16. The molecule has 1 aliphatic rings. The van der Waals surface area contributed by atoms with Gasteiger partial charge in [-0.05, 0) is 12.8 Å². The Kier molecular flexibility index (Phi) is 3.32. The van der Waals surface area contributed by atoms with Crippen LogP contribution in [-0.4, -0.2) is 11.8 Å². The molecule has 1 unspecified atom stereocenters. The van der Waals surface area contributed by atoms with Crippen molar-refractivity contribution in [1.29, 1.82) is 0 Å². The van der Waals surface area contributed by atoms with Crippen LogP contribution in [0.2, 0.25) is 0 Å². The molecule has 2 nitrogen and oxygen atoms in total. The molecule has 0 aliphatic carbocycles. The summed E-state index contributed by atoms with van der Waals surface area (Å²) in [6, 6.07) is 0. The van der Waals surface area contributed by atoms with E-state index in [1.54, 1.807) is 0 Å². The molecule has 1 atom stereocenters. The summed E-state index contributed by atoms with van der Waals surface area (Å²) in [5.74, 6) is 0. The largest absolute Gasteiger partial charge is 0.387 e. The first-order valence-electron chi connectivity index (χ1n) is 4.71. The lowest BCUT2D eigenvalue weighted by Crippen LogP contribution is -2.10. The van der Waals surface area contributed by atoms with E-state index in [0.29, 0.717) is 0 Å². The van der Waals surface area contributed by atoms with Gasteiger partial charge in [-0.25, -0.2) is 0 Å². The van der Waals surface area contributed by atoms with Gasteiger partial charge in [-0.3, -0.25) is 0 Å². The summed E-state index contributed by atoms with van der Waals surface area (Å²) in [4.78, 5) is 5.26. The molecule has 12 heavy (non-hydrogen) atoms. The second-order valence-corrected chi connectivity index (χ2v) is 3.20. The number of hydrogen-bond donors (Lipinski definition) is 0. The molecular formula is C10H17NO. The summed E-state index contributed by atoms with van der Waals surface area (Å²) in [5, 5.41) is 4.02. The lowest BCUT2D eigenvalue weighted by atomic mass is 10.0. The van der Waals surface area contributed by atoms with Gasteiger partial charge in [0.2, 0.25) is 0 Å². The maximum Gasteiger partial charge on any atom is 0.153 e. The molecule has 0 saturated heterocycles. The molecule has 0 aromatic carbocycles. The van der Waals surface area contributed by atoms with Gasteiger partial charge >= 0.3 is 0 Å². The highest BCUT2D eigenvalue weighted by Gasteiger charge is 2.23. The van der Waals surface area contributed by atoms with Crippen LogP contribution in [0.3, 0.4) is 0 Å². The van der Waals surface area contributed by atoms with Crippen molar-refractivity contribution in [3.05, 3.63) is 12.2 Å². The summed E-state index contributed by atoms with van der Waals surface area (Å²) < 4.78 is 0. The molecule has 0 aromatic rings. The topological polar surface area (TPSA) is 21.6 Å². The highest BCUT2D eigenvalue weighted by Crippen LogP contribution is 2.22. The van der Waals surface area contributed by atoms with E-state index in [2.05, 4.69) is 25.6 Å². The van der Waals surface area contributed by atoms with Crippen LogP contribution < -0.4 is 0 Å². The average Bonchev–Trinajstić information content (AvgIpc) is 2.38. The van der Waals surface area contributed by atoms with Gasteiger partial charge < -0.3 is 4.84 Å². The van der Waals surface area contributed by atoms with E-state index < -0.39 is 0 Å². The Bertz CT molecular complexity index is 196. The molecule has 68 valence electrons. The van der Waals surface area contributed by atoms with E-state index in [1.165, 1.54) is 0 Å². The number of rotatable bonds is 4. The van der Waals surface area contributed by atoms with Crippen molar-refractivity contribution in [3.8, 4) is 0 Å². The Morgan fingerprint density at radius 2 is 2.17 bits per heavy atom. The minimum absolute atomic E-state index is 0.163. The van der Waals surface area contributed by atoms with Gasteiger partial charge in [0.05, 0.1) is 5.71 Å². The average molecular weight is 167 g/mol. The third kappa shape index (κ3) is 1.87. The molecule has 0 N–H and O–H groups in total. The zero-order chi connectivity index (χ0) is 8.97. The van der Waals surface area contributed by atoms with Crippen LogP contribution in [0.1, 0.15) is 39.5 Å². The Morgan fingerprint density at radius 3 is 2.75 bits per heavy atom. The Hall–Kier alpha value is -0.790. The van der Waals surface area contributed by atoms with E-state index in [9.17, 15) is 0 Å². The molecule has 1 heterocycles. The van der Waals surface area contributed by atoms with Crippen LogP contribution in [0.5, 0.6) is 0 Å². The molecule has 0 spiro atoms. The summed E-state index contributed by atoms with van der Waals surface area (Å²) in [7, 11) is 0.